The Morgan fingerprint density at radius 3 is 2.56 bits per heavy atom. The minimum atomic E-state index is -0.524. The molecule has 0 bridgehead atoms. The summed E-state index contributed by atoms with van der Waals surface area (Å²) in [5.74, 6) is -0.144. The smallest absolute Gasteiger partial charge is 0.357 e. The van der Waals surface area contributed by atoms with Gasteiger partial charge in [-0.2, -0.15) is 0 Å². The van der Waals surface area contributed by atoms with Crippen LogP contribution in [0.4, 0.5) is 0 Å². The van der Waals surface area contributed by atoms with Crippen LogP contribution in [0, 0.1) is 5.92 Å². The summed E-state index contributed by atoms with van der Waals surface area (Å²) >= 11 is 1.33. The summed E-state index contributed by atoms with van der Waals surface area (Å²) in [6.45, 7) is 7.54. The van der Waals surface area contributed by atoms with Crippen LogP contribution in [0.2, 0.25) is 0 Å². The molecule has 0 aliphatic heterocycles. The van der Waals surface area contributed by atoms with E-state index < -0.39 is 5.97 Å². The molecule has 2 N–H and O–H groups in total. The zero-order chi connectivity index (χ0) is 13.7. The number of nitrogens with zero attached hydrogens (tertiary/aromatic N) is 1. The number of aliphatic imine (C=N–C) groups is 1. The van der Waals surface area contributed by atoms with Crippen molar-refractivity contribution in [3.05, 3.63) is 35.5 Å². The van der Waals surface area contributed by atoms with Crippen molar-refractivity contribution >= 4 is 23.4 Å². The summed E-state index contributed by atoms with van der Waals surface area (Å²) in [5.41, 5.74) is 7.21. The van der Waals surface area contributed by atoms with Crippen molar-refractivity contribution in [2.45, 2.75) is 12.8 Å². The summed E-state index contributed by atoms with van der Waals surface area (Å²) in [7, 11) is 1.31. The molecule has 0 amide bonds. The van der Waals surface area contributed by atoms with Gasteiger partial charge in [0.2, 0.25) is 0 Å². The van der Waals surface area contributed by atoms with Gasteiger partial charge in [0, 0.05) is 17.2 Å². The normalized spacial score (nSPS) is 16.9. The molecule has 0 heterocycles. The summed E-state index contributed by atoms with van der Waals surface area (Å²) < 4.78 is 4.73. The van der Waals surface area contributed by atoms with Crippen LogP contribution >= 0.6 is 11.8 Å². The van der Waals surface area contributed by atoms with Crippen LogP contribution in [0.15, 0.2) is 40.5 Å². The van der Waals surface area contributed by atoms with Gasteiger partial charge in [0.05, 0.1) is 12.1 Å². The number of esters is 1. The Bertz CT molecular complexity index is 434. The minimum absolute atomic E-state index is 0.177. The third-order valence-corrected chi connectivity index (χ3v) is 3.29. The fourth-order valence-electron chi connectivity index (χ4n) is 1.39. The van der Waals surface area contributed by atoms with Gasteiger partial charge in [-0.3, -0.25) is 0 Å². The van der Waals surface area contributed by atoms with E-state index >= 15 is 0 Å². The van der Waals surface area contributed by atoms with E-state index in [1.54, 1.807) is 0 Å². The SMILES string of the molecule is C=C/C(C(=NC(=C)C1CC1)C(=O)OC)=C(/N)SC. The van der Waals surface area contributed by atoms with Crippen LogP contribution in [0.3, 0.4) is 0 Å². The van der Waals surface area contributed by atoms with E-state index in [1.165, 1.54) is 24.9 Å². The Kier molecular flexibility index (Phi) is 5.22. The molecule has 0 spiro atoms. The number of nitrogens with two attached hydrogens (primary N) is 1. The van der Waals surface area contributed by atoms with Gasteiger partial charge in [0.25, 0.3) is 0 Å². The first-order valence-electron chi connectivity index (χ1n) is 5.57. The predicted octanol–water partition coefficient (Wildman–Crippen LogP) is 2.24. The highest BCUT2D eigenvalue weighted by atomic mass is 32.2. The van der Waals surface area contributed by atoms with Gasteiger partial charge < -0.3 is 10.5 Å². The quantitative estimate of drug-likeness (QED) is 0.455. The molecule has 1 rings (SSSR count). The number of ether oxygens (including phenoxy) is 1. The Morgan fingerprint density at radius 2 is 2.17 bits per heavy atom. The number of methoxy groups -OCH3 is 1. The molecule has 4 nitrogen and oxygen atoms in total. The van der Waals surface area contributed by atoms with E-state index in [9.17, 15) is 4.79 Å². The van der Waals surface area contributed by atoms with E-state index in [0.29, 0.717) is 22.2 Å². The molecule has 0 saturated heterocycles. The Balaban J connectivity index is 3.15. The van der Waals surface area contributed by atoms with Gasteiger partial charge in [0.1, 0.15) is 0 Å². The second kappa shape index (κ2) is 6.44. The molecular weight excluding hydrogens is 248 g/mol. The van der Waals surface area contributed by atoms with Gasteiger partial charge in [-0.05, 0) is 19.1 Å². The largest absolute Gasteiger partial charge is 0.464 e. The maximum absolute atomic E-state index is 11.8. The van der Waals surface area contributed by atoms with Crippen LogP contribution in [-0.4, -0.2) is 25.0 Å². The van der Waals surface area contributed by atoms with Gasteiger partial charge >= 0.3 is 5.97 Å². The Labute approximate surface area is 112 Å². The molecule has 1 aliphatic rings. The molecule has 5 heteroatoms. The van der Waals surface area contributed by atoms with E-state index in [2.05, 4.69) is 18.2 Å². The van der Waals surface area contributed by atoms with E-state index in [1.807, 2.05) is 6.26 Å². The second-order valence-electron chi connectivity index (χ2n) is 3.90. The van der Waals surface area contributed by atoms with E-state index in [4.69, 9.17) is 10.5 Å². The first-order chi connectivity index (χ1) is 8.54. The van der Waals surface area contributed by atoms with Crippen molar-refractivity contribution in [3.63, 3.8) is 0 Å². The van der Waals surface area contributed by atoms with E-state index in [0.717, 1.165) is 12.8 Å². The van der Waals surface area contributed by atoms with Crippen LogP contribution in [0.1, 0.15) is 12.8 Å². The highest BCUT2D eigenvalue weighted by Gasteiger charge is 2.27. The molecule has 18 heavy (non-hydrogen) atoms. The lowest BCUT2D eigenvalue weighted by Gasteiger charge is -2.09. The Hall–Kier alpha value is -1.49. The lowest BCUT2D eigenvalue weighted by Crippen LogP contribution is -2.20. The molecule has 98 valence electrons. The standard InChI is InChI=1S/C13H18N2O2S/c1-5-10(12(14)18-4)11(13(16)17-3)15-8(2)9-6-7-9/h5,9H,1-2,6-7,14H2,3-4H3/b12-10+,15-11?. The van der Waals surface area contributed by atoms with Crippen molar-refractivity contribution in [1.29, 1.82) is 0 Å². The fraction of sp³-hybridized carbons (Fsp3) is 0.385. The molecule has 0 aromatic rings. The number of rotatable bonds is 6. The fourth-order valence-corrected chi connectivity index (χ4v) is 1.79. The van der Waals surface area contributed by atoms with Crippen molar-refractivity contribution in [3.8, 4) is 0 Å². The molecule has 0 radical (unpaired) electrons. The molecule has 1 fully saturated rings. The second-order valence-corrected chi connectivity index (χ2v) is 4.75. The first kappa shape index (κ1) is 14.6. The average molecular weight is 266 g/mol. The average Bonchev–Trinajstić information content (AvgIpc) is 3.21. The number of allylic oxidation sites excluding steroid dienone is 2. The highest BCUT2D eigenvalue weighted by molar-refractivity contribution is 8.02. The number of hydrogen-bond donors (Lipinski definition) is 1. The number of thioether (sulfide) groups is 1. The number of hydrogen-bond acceptors (Lipinski definition) is 5. The minimum Gasteiger partial charge on any atom is -0.464 e. The number of carbonyl (C=O) groups excluding carboxylic acids is 1. The number of carbonyl (C=O) groups is 1. The van der Waals surface area contributed by atoms with Crippen molar-refractivity contribution in [2.24, 2.45) is 16.6 Å². The molecular formula is C13H18N2O2S. The lowest BCUT2D eigenvalue weighted by atomic mass is 10.1. The van der Waals surface area contributed by atoms with Crippen molar-refractivity contribution in [1.82, 2.24) is 0 Å². The predicted molar refractivity (Wildman–Crippen MR) is 76.2 cm³/mol. The summed E-state index contributed by atoms with van der Waals surface area (Å²) in [6.07, 6.45) is 5.48. The van der Waals surface area contributed by atoms with Crippen molar-refractivity contribution < 1.29 is 9.53 Å². The van der Waals surface area contributed by atoms with Crippen LogP contribution < -0.4 is 5.73 Å². The Morgan fingerprint density at radius 1 is 1.56 bits per heavy atom. The summed E-state index contributed by atoms with van der Waals surface area (Å²) in [6, 6.07) is 0. The highest BCUT2D eigenvalue weighted by Crippen LogP contribution is 2.36. The summed E-state index contributed by atoms with van der Waals surface area (Å²) in [5, 5.41) is 0.484. The summed E-state index contributed by atoms with van der Waals surface area (Å²) in [4.78, 5) is 16.0. The zero-order valence-corrected chi connectivity index (χ0v) is 11.5. The molecule has 0 unspecified atom stereocenters. The molecule has 0 aromatic carbocycles. The molecule has 0 atom stereocenters. The first-order valence-corrected chi connectivity index (χ1v) is 6.80. The van der Waals surface area contributed by atoms with Gasteiger partial charge in [-0.1, -0.05) is 19.2 Å². The topological polar surface area (TPSA) is 64.7 Å². The van der Waals surface area contributed by atoms with E-state index in [-0.39, 0.29) is 5.71 Å². The maximum Gasteiger partial charge on any atom is 0.357 e. The van der Waals surface area contributed by atoms with Crippen molar-refractivity contribution in [2.75, 3.05) is 13.4 Å². The van der Waals surface area contributed by atoms with Gasteiger partial charge in [0.15, 0.2) is 5.71 Å². The van der Waals surface area contributed by atoms with Crippen LogP contribution in [0.25, 0.3) is 0 Å². The maximum atomic E-state index is 11.8. The lowest BCUT2D eigenvalue weighted by molar-refractivity contribution is -0.132. The monoisotopic (exact) mass is 266 g/mol. The molecule has 1 aliphatic carbocycles. The zero-order valence-electron chi connectivity index (χ0n) is 10.7. The van der Waals surface area contributed by atoms with Crippen LogP contribution in [-0.2, 0) is 9.53 Å². The van der Waals surface area contributed by atoms with Crippen LogP contribution in [0.5, 0.6) is 0 Å². The van der Waals surface area contributed by atoms with Gasteiger partial charge in [-0.25, -0.2) is 9.79 Å². The molecule has 1 saturated carbocycles. The molecule has 0 aromatic heterocycles. The van der Waals surface area contributed by atoms with Gasteiger partial charge in [-0.15, -0.1) is 11.8 Å². The third kappa shape index (κ3) is 3.50. The third-order valence-electron chi connectivity index (χ3n) is 2.63.